The molecule has 2 unspecified atom stereocenters. The number of benzene rings is 1. The van der Waals surface area contributed by atoms with Gasteiger partial charge in [-0.25, -0.2) is 8.78 Å². The fourth-order valence-corrected chi connectivity index (χ4v) is 2.53. The second kappa shape index (κ2) is 6.41. The van der Waals surface area contributed by atoms with Crippen LogP contribution in [0.3, 0.4) is 0 Å². The van der Waals surface area contributed by atoms with Crippen molar-refractivity contribution in [3.05, 3.63) is 35.4 Å². The smallest absolute Gasteiger partial charge is 0.263 e. The van der Waals surface area contributed by atoms with Gasteiger partial charge in [-0.05, 0) is 18.6 Å². The van der Waals surface area contributed by atoms with Crippen LogP contribution >= 0.6 is 0 Å². The van der Waals surface area contributed by atoms with E-state index in [0.29, 0.717) is 13.2 Å². The molecule has 0 amide bonds. The third kappa shape index (κ3) is 3.49. The van der Waals surface area contributed by atoms with Crippen molar-refractivity contribution in [2.75, 3.05) is 26.2 Å². The maximum absolute atomic E-state index is 12.8. The number of nitrogens with zero attached hydrogens (tertiary/aromatic N) is 1. The molecule has 2 atom stereocenters. The van der Waals surface area contributed by atoms with E-state index in [0.717, 1.165) is 18.7 Å². The van der Waals surface area contributed by atoms with Gasteiger partial charge in [0.15, 0.2) is 0 Å². The summed E-state index contributed by atoms with van der Waals surface area (Å²) in [7, 11) is 0. The van der Waals surface area contributed by atoms with Crippen LogP contribution in [-0.4, -0.2) is 37.2 Å². The molecular formula is C14H20F2N2O. The molecule has 0 spiro atoms. The van der Waals surface area contributed by atoms with Crippen molar-refractivity contribution in [2.45, 2.75) is 25.5 Å². The van der Waals surface area contributed by atoms with E-state index < -0.39 is 6.43 Å². The molecule has 5 heteroatoms. The van der Waals surface area contributed by atoms with Gasteiger partial charge in [0, 0.05) is 31.2 Å². The van der Waals surface area contributed by atoms with Gasteiger partial charge < -0.3 is 10.5 Å². The largest absolute Gasteiger partial charge is 0.376 e. The molecular weight excluding hydrogens is 250 g/mol. The minimum atomic E-state index is -2.44. The van der Waals surface area contributed by atoms with Gasteiger partial charge >= 0.3 is 0 Å². The molecule has 1 aliphatic heterocycles. The molecule has 0 radical (unpaired) electrons. The maximum Gasteiger partial charge on any atom is 0.263 e. The van der Waals surface area contributed by atoms with Crippen molar-refractivity contribution in [1.29, 1.82) is 0 Å². The maximum atomic E-state index is 12.8. The van der Waals surface area contributed by atoms with E-state index in [1.54, 1.807) is 12.1 Å². The SMILES string of the molecule is CC1CN(C(CN)c2cccc(C(F)F)c2)CCO1. The van der Waals surface area contributed by atoms with Gasteiger partial charge in [0.2, 0.25) is 0 Å². The second-order valence-corrected chi connectivity index (χ2v) is 4.90. The Hall–Kier alpha value is -1.04. The summed E-state index contributed by atoms with van der Waals surface area (Å²) in [4.78, 5) is 2.21. The molecule has 1 aromatic carbocycles. The summed E-state index contributed by atoms with van der Waals surface area (Å²) in [6, 6.07) is 6.52. The predicted molar refractivity (Wildman–Crippen MR) is 70.2 cm³/mol. The van der Waals surface area contributed by atoms with Gasteiger partial charge in [0.1, 0.15) is 0 Å². The number of ether oxygens (including phenoxy) is 1. The minimum Gasteiger partial charge on any atom is -0.376 e. The summed E-state index contributed by atoms with van der Waals surface area (Å²) in [5, 5.41) is 0. The van der Waals surface area contributed by atoms with Crippen LogP contribution in [-0.2, 0) is 4.74 Å². The van der Waals surface area contributed by atoms with Gasteiger partial charge in [-0.3, -0.25) is 4.90 Å². The van der Waals surface area contributed by atoms with E-state index in [4.69, 9.17) is 10.5 Å². The van der Waals surface area contributed by atoms with Crippen molar-refractivity contribution < 1.29 is 13.5 Å². The number of nitrogens with two attached hydrogens (primary N) is 1. The minimum absolute atomic E-state index is 0.0231. The molecule has 0 aliphatic carbocycles. The van der Waals surface area contributed by atoms with Crippen LogP contribution in [0.4, 0.5) is 8.78 Å². The van der Waals surface area contributed by atoms with Crippen LogP contribution < -0.4 is 5.73 Å². The standard InChI is InChI=1S/C14H20F2N2O/c1-10-9-18(5-6-19-10)13(8-17)11-3-2-4-12(7-11)14(15)16/h2-4,7,10,13-14H,5-6,8-9,17H2,1H3. The molecule has 0 bridgehead atoms. The topological polar surface area (TPSA) is 38.5 Å². The zero-order valence-corrected chi connectivity index (χ0v) is 11.1. The first kappa shape index (κ1) is 14.4. The van der Waals surface area contributed by atoms with Crippen LogP contribution in [0.2, 0.25) is 0 Å². The summed E-state index contributed by atoms with van der Waals surface area (Å²) in [6.45, 7) is 4.65. The molecule has 1 fully saturated rings. The van der Waals surface area contributed by atoms with E-state index in [9.17, 15) is 8.78 Å². The molecule has 19 heavy (non-hydrogen) atoms. The lowest BCUT2D eigenvalue weighted by Crippen LogP contribution is -2.45. The van der Waals surface area contributed by atoms with Crippen molar-refractivity contribution in [3.8, 4) is 0 Å². The molecule has 0 saturated carbocycles. The summed E-state index contributed by atoms with van der Waals surface area (Å²) in [5.41, 5.74) is 6.75. The molecule has 0 aromatic heterocycles. The summed E-state index contributed by atoms with van der Waals surface area (Å²) in [5.74, 6) is 0. The van der Waals surface area contributed by atoms with E-state index in [2.05, 4.69) is 4.90 Å². The van der Waals surface area contributed by atoms with Crippen LogP contribution in [0, 0.1) is 0 Å². The highest BCUT2D eigenvalue weighted by atomic mass is 19.3. The summed E-state index contributed by atoms with van der Waals surface area (Å²) >= 11 is 0. The number of hydrogen-bond donors (Lipinski definition) is 1. The van der Waals surface area contributed by atoms with E-state index in [-0.39, 0.29) is 17.7 Å². The number of rotatable bonds is 4. The Labute approximate surface area is 112 Å². The van der Waals surface area contributed by atoms with Gasteiger partial charge in [-0.2, -0.15) is 0 Å². The highest BCUT2D eigenvalue weighted by Gasteiger charge is 2.25. The molecule has 3 nitrogen and oxygen atoms in total. The average molecular weight is 270 g/mol. The molecule has 1 saturated heterocycles. The van der Waals surface area contributed by atoms with Gasteiger partial charge in [0.25, 0.3) is 6.43 Å². The molecule has 1 aliphatic rings. The van der Waals surface area contributed by atoms with Gasteiger partial charge in [-0.1, -0.05) is 18.2 Å². The van der Waals surface area contributed by atoms with Crippen LogP contribution in [0.15, 0.2) is 24.3 Å². The van der Waals surface area contributed by atoms with Crippen molar-refractivity contribution >= 4 is 0 Å². The van der Waals surface area contributed by atoms with E-state index >= 15 is 0 Å². The Kier molecular flexibility index (Phi) is 4.85. The Morgan fingerprint density at radius 3 is 2.79 bits per heavy atom. The number of morpholine rings is 1. The van der Waals surface area contributed by atoms with Crippen molar-refractivity contribution in [1.82, 2.24) is 4.90 Å². The zero-order valence-electron chi connectivity index (χ0n) is 11.1. The summed E-state index contributed by atoms with van der Waals surface area (Å²) < 4.78 is 31.0. The number of hydrogen-bond acceptors (Lipinski definition) is 3. The molecule has 1 aromatic rings. The lowest BCUT2D eigenvalue weighted by atomic mass is 10.0. The van der Waals surface area contributed by atoms with Crippen molar-refractivity contribution in [3.63, 3.8) is 0 Å². The Bertz CT molecular complexity index is 414. The van der Waals surface area contributed by atoms with Gasteiger partial charge in [-0.15, -0.1) is 0 Å². The molecule has 2 N–H and O–H groups in total. The number of halogens is 2. The molecule has 2 rings (SSSR count). The first-order valence-electron chi connectivity index (χ1n) is 6.55. The highest BCUT2D eigenvalue weighted by Crippen LogP contribution is 2.26. The fourth-order valence-electron chi connectivity index (χ4n) is 2.53. The first-order valence-corrected chi connectivity index (χ1v) is 6.55. The molecule has 1 heterocycles. The third-order valence-electron chi connectivity index (χ3n) is 3.48. The Morgan fingerprint density at radius 1 is 1.42 bits per heavy atom. The fraction of sp³-hybridized carbons (Fsp3) is 0.571. The van der Waals surface area contributed by atoms with Gasteiger partial charge in [0.05, 0.1) is 12.7 Å². The van der Waals surface area contributed by atoms with Crippen LogP contribution in [0.1, 0.15) is 30.5 Å². The Balaban J connectivity index is 2.18. The normalized spacial score (nSPS) is 22.7. The number of alkyl halides is 2. The first-order chi connectivity index (χ1) is 9.11. The predicted octanol–water partition coefficient (Wildman–Crippen LogP) is 2.34. The average Bonchev–Trinajstić information content (AvgIpc) is 2.40. The van der Waals surface area contributed by atoms with E-state index in [1.165, 1.54) is 6.07 Å². The summed E-state index contributed by atoms with van der Waals surface area (Å²) in [6.07, 6.45) is -2.29. The monoisotopic (exact) mass is 270 g/mol. The van der Waals surface area contributed by atoms with Crippen LogP contribution in [0.25, 0.3) is 0 Å². The molecule has 106 valence electrons. The quantitative estimate of drug-likeness (QED) is 0.912. The van der Waals surface area contributed by atoms with E-state index in [1.807, 2.05) is 13.0 Å². The van der Waals surface area contributed by atoms with Crippen molar-refractivity contribution in [2.24, 2.45) is 5.73 Å². The Morgan fingerprint density at radius 2 is 2.16 bits per heavy atom. The second-order valence-electron chi connectivity index (χ2n) is 4.90. The lowest BCUT2D eigenvalue weighted by Gasteiger charge is -2.37. The highest BCUT2D eigenvalue weighted by molar-refractivity contribution is 5.27. The zero-order chi connectivity index (χ0) is 13.8. The lowest BCUT2D eigenvalue weighted by molar-refractivity contribution is -0.0333. The van der Waals surface area contributed by atoms with Crippen LogP contribution in [0.5, 0.6) is 0 Å². The third-order valence-corrected chi connectivity index (χ3v) is 3.48.